The van der Waals surface area contributed by atoms with E-state index < -0.39 is 0 Å². The number of fused-ring (bicyclic) bond motifs is 1. The second-order valence-electron chi connectivity index (χ2n) is 3.34. The van der Waals surface area contributed by atoms with Crippen LogP contribution in [0.4, 0.5) is 5.82 Å². The second-order valence-corrected chi connectivity index (χ2v) is 3.34. The van der Waals surface area contributed by atoms with Crippen LogP contribution < -0.4 is 11.2 Å². The van der Waals surface area contributed by atoms with Crippen LogP contribution in [0.3, 0.4) is 0 Å². The molecule has 0 saturated carbocycles. The zero-order valence-corrected chi connectivity index (χ0v) is 8.09. The molecule has 0 fully saturated rings. The SMILES string of the molecule is Cc1[nH]c2nc(N)ccc2c(=O)c1C. The lowest BCUT2D eigenvalue weighted by Gasteiger charge is -2.03. The average molecular weight is 189 g/mol. The van der Waals surface area contributed by atoms with Gasteiger partial charge in [-0.05, 0) is 26.0 Å². The molecule has 0 atom stereocenters. The number of aryl methyl sites for hydroxylation is 1. The largest absolute Gasteiger partial charge is 0.384 e. The van der Waals surface area contributed by atoms with Gasteiger partial charge in [-0.15, -0.1) is 0 Å². The number of pyridine rings is 2. The van der Waals surface area contributed by atoms with Crippen molar-refractivity contribution in [1.82, 2.24) is 9.97 Å². The van der Waals surface area contributed by atoms with E-state index in [1.807, 2.05) is 6.92 Å². The van der Waals surface area contributed by atoms with E-state index in [0.717, 1.165) is 11.3 Å². The second kappa shape index (κ2) is 2.83. The predicted molar refractivity (Wildman–Crippen MR) is 56.3 cm³/mol. The number of H-pyrrole nitrogens is 1. The highest BCUT2D eigenvalue weighted by molar-refractivity contribution is 5.77. The Balaban J connectivity index is 2.98. The van der Waals surface area contributed by atoms with Crippen molar-refractivity contribution in [2.24, 2.45) is 0 Å². The third-order valence-electron chi connectivity index (χ3n) is 2.37. The Morgan fingerprint density at radius 1 is 1.36 bits per heavy atom. The molecular formula is C10H11N3O. The highest BCUT2D eigenvalue weighted by Gasteiger charge is 2.05. The summed E-state index contributed by atoms with van der Waals surface area (Å²) in [6.07, 6.45) is 0. The van der Waals surface area contributed by atoms with Gasteiger partial charge in [0.25, 0.3) is 0 Å². The average Bonchev–Trinajstić information content (AvgIpc) is 2.14. The Morgan fingerprint density at radius 2 is 2.07 bits per heavy atom. The molecule has 0 spiro atoms. The van der Waals surface area contributed by atoms with Crippen LogP contribution in [0.15, 0.2) is 16.9 Å². The van der Waals surface area contributed by atoms with Crippen molar-refractivity contribution in [2.75, 3.05) is 5.73 Å². The molecule has 0 unspecified atom stereocenters. The number of nitrogen functional groups attached to an aromatic ring is 1. The van der Waals surface area contributed by atoms with Gasteiger partial charge < -0.3 is 10.7 Å². The molecule has 4 nitrogen and oxygen atoms in total. The monoisotopic (exact) mass is 189 g/mol. The highest BCUT2D eigenvalue weighted by Crippen LogP contribution is 2.09. The zero-order valence-electron chi connectivity index (χ0n) is 8.09. The first-order chi connectivity index (χ1) is 6.59. The van der Waals surface area contributed by atoms with Crippen molar-refractivity contribution in [3.05, 3.63) is 33.6 Å². The van der Waals surface area contributed by atoms with Gasteiger partial charge in [-0.25, -0.2) is 4.98 Å². The van der Waals surface area contributed by atoms with Gasteiger partial charge >= 0.3 is 0 Å². The summed E-state index contributed by atoms with van der Waals surface area (Å²) in [5, 5.41) is 0.585. The lowest BCUT2D eigenvalue weighted by molar-refractivity contribution is 1.15. The molecule has 2 aromatic heterocycles. The first-order valence-electron chi connectivity index (χ1n) is 4.35. The van der Waals surface area contributed by atoms with Gasteiger partial charge in [0.1, 0.15) is 11.5 Å². The number of nitrogens with one attached hydrogen (secondary N) is 1. The van der Waals surface area contributed by atoms with Crippen molar-refractivity contribution < 1.29 is 0 Å². The number of rotatable bonds is 0. The molecule has 2 aromatic rings. The fourth-order valence-corrected chi connectivity index (χ4v) is 1.40. The summed E-state index contributed by atoms with van der Waals surface area (Å²) < 4.78 is 0. The van der Waals surface area contributed by atoms with Crippen LogP contribution in [0.5, 0.6) is 0 Å². The van der Waals surface area contributed by atoms with Gasteiger partial charge in [0.15, 0.2) is 5.43 Å². The smallest absolute Gasteiger partial charge is 0.194 e. The molecule has 0 amide bonds. The zero-order chi connectivity index (χ0) is 10.3. The van der Waals surface area contributed by atoms with Gasteiger partial charge in [0.2, 0.25) is 0 Å². The fraction of sp³-hybridized carbons (Fsp3) is 0.200. The van der Waals surface area contributed by atoms with Gasteiger partial charge in [-0.2, -0.15) is 0 Å². The molecule has 0 saturated heterocycles. The normalized spacial score (nSPS) is 10.7. The van der Waals surface area contributed by atoms with Crippen LogP contribution in [-0.2, 0) is 0 Å². The molecule has 0 aliphatic rings. The van der Waals surface area contributed by atoms with E-state index in [0.29, 0.717) is 16.9 Å². The van der Waals surface area contributed by atoms with E-state index in [1.165, 1.54) is 0 Å². The van der Waals surface area contributed by atoms with Gasteiger partial charge in [0.05, 0.1) is 5.39 Å². The number of nitrogens with two attached hydrogens (primary N) is 1. The van der Waals surface area contributed by atoms with E-state index in [2.05, 4.69) is 9.97 Å². The summed E-state index contributed by atoms with van der Waals surface area (Å²) in [6.45, 7) is 3.64. The molecule has 2 rings (SSSR count). The fourth-order valence-electron chi connectivity index (χ4n) is 1.40. The minimum atomic E-state index is 0.0174. The number of nitrogens with zero attached hydrogens (tertiary/aromatic N) is 1. The summed E-state index contributed by atoms with van der Waals surface area (Å²) in [5.74, 6) is 0.413. The highest BCUT2D eigenvalue weighted by atomic mass is 16.1. The molecular weight excluding hydrogens is 178 g/mol. The molecule has 14 heavy (non-hydrogen) atoms. The van der Waals surface area contributed by atoms with E-state index in [4.69, 9.17) is 5.73 Å². The van der Waals surface area contributed by atoms with Crippen LogP contribution >= 0.6 is 0 Å². The van der Waals surface area contributed by atoms with Crippen molar-refractivity contribution >= 4 is 16.9 Å². The molecule has 0 bridgehead atoms. The lowest BCUT2D eigenvalue weighted by Crippen LogP contribution is -2.10. The number of anilines is 1. The summed E-state index contributed by atoms with van der Waals surface area (Å²) >= 11 is 0. The van der Waals surface area contributed by atoms with Gasteiger partial charge in [-0.3, -0.25) is 4.79 Å². The molecule has 0 aliphatic carbocycles. The van der Waals surface area contributed by atoms with Gasteiger partial charge in [0, 0.05) is 11.3 Å². The number of aromatic nitrogens is 2. The van der Waals surface area contributed by atoms with Crippen LogP contribution in [0, 0.1) is 13.8 Å². The molecule has 4 heteroatoms. The lowest BCUT2D eigenvalue weighted by atomic mass is 10.1. The number of aromatic amines is 1. The van der Waals surface area contributed by atoms with E-state index in [-0.39, 0.29) is 5.43 Å². The summed E-state index contributed by atoms with van der Waals surface area (Å²) in [5.41, 5.74) is 7.66. The Labute approximate surface area is 80.8 Å². The maximum Gasteiger partial charge on any atom is 0.194 e. The standard InChI is InChI=1S/C10H11N3O/c1-5-6(2)12-10-7(9(5)14)3-4-8(11)13-10/h3-4H,1-2H3,(H3,11,12,13,14). The van der Waals surface area contributed by atoms with Crippen molar-refractivity contribution in [3.63, 3.8) is 0 Å². The summed E-state index contributed by atoms with van der Waals surface area (Å²) in [6, 6.07) is 3.33. The third-order valence-corrected chi connectivity index (χ3v) is 2.37. The Kier molecular flexibility index (Phi) is 1.77. The van der Waals surface area contributed by atoms with Gasteiger partial charge in [-0.1, -0.05) is 0 Å². The first kappa shape index (κ1) is 8.74. The van der Waals surface area contributed by atoms with Crippen LogP contribution in [0.2, 0.25) is 0 Å². The van der Waals surface area contributed by atoms with E-state index in [9.17, 15) is 4.79 Å². The molecule has 0 aromatic carbocycles. The van der Waals surface area contributed by atoms with Crippen molar-refractivity contribution in [2.45, 2.75) is 13.8 Å². The minimum absolute atomic E-state index is 0.0174. The number of hydrogen-bond acceptors (Lipinski definition) is 3. The van der Waals surface area contributed by atoms with Crippen molar-refractivity contribution in [1.29, 1.82) is 0 Å². The maximum absolute atomic E-state index is 11.8. The topological polar surface area (TPSA) is 71.8 Å². The molecule has 0 aliphatic heterocycles. The Morgan fingerprint density at radius 3 is 2.79 bits per heavy atom. The number of hydrogen-bond donors (Lipinski definition) is 2. The van der Waals surface area contributed by atoms with E-state index >= 15 is 0 Å². The first-order valence-corrected chi connectivity index (χ1v) is 4.35. The maximum atomic E-state index is 11.8. The Hall–Kier alpha value is -1.84. The van der Waals surface area contributed by atoms with Crippen molar-refractivity contribution in [3.8, 4) is 0 Å². The molecule has 2 heterocycles. The summed E-state index contributed by atoms with van der Waals surface area (Å²) in [7, 11) is 0. The Bertz CT molecular complexity index is 557. The summed E-state index contributed by atoms with van der Waals surface area (Å²) in [4.78, 5) is 18.9. The quantitative estimate of drug-likeness (QED) is 0.652. The third kappa shape index (κ3) is 1.16. The molecule has 72 valence electrons. The van der Waals surface area contributed by atoms with Crippen LogP contribution in [-0.4, -0.2) is 9.97 Å². The van der Waals surface area contributed by atoms with Crippen LogP contribution in [0.1, 0.15) is 11.3 Å². The molecule has 0 radical (unpaired) electrons. The molecule has 3 N–H and O–H groups in total. The van der Waals surface area contributed by atoms with Crippen LogP contribution in [0.25, 0.3) is 11.0 Å². The predicted octanol–water partition coefficient (Wildman–Crippen LogP) is 1.12. The minimum Gasteiger partial charge on any atom is -0.384 e. The van der Waals surface area contributed by atoms with E-state index in [1.54, 1.807) is 19.1 Å².